The summed E-state index contributed by atoms with van der Waals surface area (Å²) in [6, 6.07) is 11.2. The van der Waals surface area contributed by atoms with Gasteiger partial charge in [0.05, 0.1) is 30.2 Å². The first-order valence-electron chi connectivity index (χ1n) is 11.0. The largest absolute Gasteiger partial charge is 0.494 e. The van der Waals surface area contributed by atoms with Crippen LogP contribution in [0.3, 0.4) is 0 Å². The van der Waals surface area contributed by atoms with E-state index >= 15 is 0 Å². The summed E-state index contributed by atoms with van der Waals surface area (Å²) in [5, 5.41) is 13.7. The van der Waals surface area contributed by atoms with Crippen LogP contribution in [0.4, 0.5) is 24.5 Å². The van der Waals surface area contributed by atoms with Gasteiger partial charge in [-0.1, -0.05) is 6.07 Å². The summed E-state index contributed by atoms with van der Waals surface area (Å²) in [5.74, 6) is -2.70. The van der Waals surface area contributed by atoms with Crippen molar-refractivity contribution in [3.8, 4) is 5.75 Å². The van der Waals surface area contributed by atoms with Gasteiger partial charge < -0.3 is 26.0 Å². The number of alkyl halides is 3. The SMILES string of the molecule is CCOc1ccc(NC(=O)C2CC(=O)NC3NC(Nc4cccc(C(F)(F)F)c4)NC(=O)C32)cc1. The Kier molecular flexibility index (Phi) is 6.83. The molecule has 9 nitrogen and oxygen atoms in total. The molecule has 2 aromatic carbocycles. The molecule has 0 bridgehead atoms. The Balaban J connectivity index is 1.45. The summed E-state index contributed by atoms with van der Waals surface area (Å²) in [6.45, 7) is 2.35. The third-order valence-corrected chi connectivity index (χ3v) is 5.72. The lowest BCUT2D eigenvalue weighted by molar-refractivity contribution is -0.144. The standard InChI is InChI=1S/C23H24F3N5O4/c1-2-35-15-8-6-13(7-9-15)27-20(33)16-11-17(32)29-19-18(16)21(34)31-22(30-19)28-14-5-3-4-12(10-14)23(24,25)26/h3-10,16,18-19,22,28,30H,2,11H2,1H3,(H,27,33)(H,29,32)(H,31,34). The van der Waals surface area contributed by atoms with Crippen molar-refractivity contribution in [2.24, 2.45) is 11.8 Å². The van der Waals surface area contributed by atoms with Crippen molar-refractivity contribution in [3.63, 3.8) is 0 Å². The zero-order valence-electron chi connectivity index (χ0n) is 18.6. The molecule has 2 aromatic rings. The number of ether oxygens (including phenoxy) is 1. The number of carbonyl (C=O) groups excluding carboxylic acids is 3. The molecule has 4 unspecified atom stereocenters. The molecule has 2 aliphatic heterocycles. The second-order valence-electron chi connectivity index (χ2n) is 8.16. The minimum absolute atomic E-state index is 0.114. The summed E-state index contributed by atoms with van der Waals surface area (Å²) >= 11 is 0. The second-order valence-corrected chi connectivity index (χ2v) is 8.16. The molecule has 0 saturated carbocycles. The molecule has 2 fully saturated rings. The summed E-state index contributed by atoms with van der Waals surface area (Å²) in [7, 11) is 0. The fraction of sp³-hybridized carbons (Fsp3) is 0.348. The maximum atomic E-state index is 13.0. The first kappa shape index (κ1) is 24.3. The monoisotopic (exact) mass is 491 g/mol. The number of hydrogen-bond acceptors (Lipinski definition) is 6. The lowest BCUT2D eigenvalue weighted by Crippen LogP contribution is -2.72. The second kappa shape index (κ2) is 9.82. The first-order chi connectivity index (χ1) is 16.6. The Morgan fingerprint density at radius 2 is 1.83 bits per heavy atom. The highest BCUT2D eigenvalue weighted by Gasteiger charge is 2.48. The van der Waals surface area contributed by atoms with Gasteiger partial charge in [-0.05, 0) is 49.4 Å². The number of rotatable bonds is 6. The highest BCUT2D eigenvalue weighted by molar-refractivity contribution is 6.00. The molecule has 2 saturated heterocycles. The van der Waals surface area contributed by atoms with Crippen LogP contribution in [0, 0.1) is 11.8 Å². The third-order valence-electron chi connectivity index (χ3n) is 5.72. The maximum Gasteiger partial charge on any atom is 0.416 e. The van der Waals surface area contributed by atoms with Gasteiger partial charge in [0.25, 0.3) is 0 Å². The molecule has 0 aromatic heterocycles. The summed E-state index contributed by atoms with van der Waals surface area (Å²) in [5.41, 5.74) is -0.253. The van der Waals surface area contributed by atoms with E-state index < -0.39 is 53.8 Å². The van der Waals surface area contributed by atoms with E-state index in [0.717, 1.165) is 12.1 Å². The Labute approximate surface area is 198 Å². The number of hydrogen-bond donors (Lipinski definition) is 5. The van der Waals surface area contributed by atoms with Crippen LogP contribution in [-0.4, -0.2) is 36.8 Å². The van der Waals surface area contributed by atoms with Gasteiger partial charge in [0.1, 0.15) is 5.75 Å². The van der Waals surface area contributed by atoms with E-state index in [1.807, 2.05) is 6.92 Å². The lowest BCUT2D eigenvalue weighted by atomic mass is 9.81. The normalized spacial score (nSPS) is 24.0. The van der Waals surface area contributed by atoms with Gasteiger partial charge >= 0.3 is 6.18 Å². The number of amides is 3. The summed E-state index contributed by atoms with van der Waals surface area (Å²) < 4.78 is 44.4. The number of carbonyl (C=O) groups is 3. The van der Waals surface area contributed by atoms with E-state index in [0.29, 0.717) is 18.0 Å². The van der Waals surface area contributed by atoms with Crippen molar-refractivity contribution in [2.45, 2.75) is 32.0 Å². The van der Waals surface area contributed by atoms with Gasteiger partial charge in [-0.15, -0.1) is 0 Å². The topological polar surface area (TPSA) is 121 Å². The molecule has 3 amide bonds. The van der Waals surface area contributed by atoms with Gasteiger partial charge in [0.15, 0.2) is 6.29 Å². The highest BCUT2D eigenvalue weighted by atomic mass is 19.4. The van der Waals surface area contributed by atoms with Gasteiger partial charge in [-0.25, -0.2) is 0 Å². The van der Waals surface area contributed by atoms with Crippen LogP contribution in [-0.2, 0) is 20.6 Å². The predicted octanol–water partition coefficient (Wildman–Crippen LogP) is 2.24. The van der Waals surface area contributed by atoms with Crippen molar-refractivity contribution < 1.29 is 32.3 Å². The predicted molar refractivity (Wildman–Crippen MR) is 120 cm³/mol. The van der Waals surface area contributed by atoms with Crippen LogP contribution in [0.25, 0.3) is 0 Å². The van der Waals surface area contributed by atoms with Crippen LogP contribution in [0.5, 0.6) is 5.75 Å². The highest BCUT2D eigenvalue weighted by Crippen LogP contribution is 2.31. The molecular weight excluding hydrogens is 467 g/mol. The van der Waals surface area contributed by atoms with E-state index in [9.17, 15) is 27.6 Å². The average molecular weight is 491 g/mol. The van der Waals surface area contributed by atoms with E-state index in [-0.39, 0.29) is 12.1 Å². The number of fused-ring (bicyclic) bond motifs is 1. The Bertz CT molecular complexity index is 1110. The minimum atomic E-state index is -4.52. The van der Waals surface area contributed by atoms with Gasteiger partial charge in [0.2, 0.25) is 17.7 Å². The molecule has 35 heavy (non-hydrogen) atoms. The molecule has 0 spiro atoms. The van der Waals surface area contributed by atoms with Crippen LogP contribution >= 0.6 is 0 Å². The molecule has 12 heteroatoms. The quantitative estimate of drug-likeness (QED) is 0.423. The molecule has 0 aliphatic carbocycles. The number of anilines is 2. The zero-order chi connectivity index (χ0) is 25.2. The van der Waals surface area contributed by atoms with Crippen molar-refractivity contribution >= 4 is 29.1 Å². The molecule has 5 N–H and O–H groups in total. The summed E-state index contributed by atoms with van der Waals surface area (Å²) in [6.07, 6.45) is -6.58. The Morgan fingerprint density at radius 1 is 1.09 bits per heavy atom. The third kappa shape index (κ3) is 5.65. The van der Waals surface area contributed by atoms with Crippen molar-refractivity contribution in [3.05, 3.63) is 54.1 Å². The van der Waals surface area contributed by atoms with E-state index in [1.165, 1.54) is 12.1 Å². The van der Waals surface area contributed by atoms with Crippen LogP contribution in [0.2, 0.25) is 0 Å². The molecule has 186 valence electrons. The van der Waals surface area contributed by atoms with E-state index in [2.05, 4.69) is 26.6 Å². The molecule has 4 atom stereocenters. The minimum Gasteiger partial charge on any atom is -0.494 e. The van der Waals surface area contributed by atoms with Gasteiger partial charge in [-0.3, -0.25) is 19.7 Å². The fourth-order valence-electron chi connectivity index (χ4n) is 4.14. The summed E-state index contributed by atoms with van der Waals surface area (Å²) in [4.78, 5) is 38.2. The first-order valence-corrected chi connectivity index (χ1v) is 11.0. The lowest BCUT2D eigenvalue weighted by Gasteiger charge is -2.43. The fourth-order valence-corrected chi connectivity index (χ4v) is 4.14. The smallest absolute Gasteiger partial charge is 0.416 e. The van der Waals surface area contributed by atoms with Gasteiger partial charge in [-0.2, -0.15) is 13.2 Å². The van der Waals surface area contributed by atoms with Crippen molar-refractivity contribution in [1.82, 2.24) is 16.0 Å². The van der Waals surface area contributed by atoms with Crippen LogP contribution < -0.4 is 31.3 Å². The Hall–Kier alpha value is -3.80. The van der Waals surface area contributed by atoms with E-state index in [1.54, 1.807) is 24.3 Å². The molecule has 2 heterocycles. The maximum absolute atomic E-state index is 13.0. The number of piperidine rings is 1. The van der Waals surface area contributed by atoms with Gasteiger partial charge in [0, 0.05) is 17.8 Å². The zero-order valence-corrected chi connectivity index (χ0v) is 18.6. The van der Waals surface area contributed by atoms with Crippen molar-refractivity contribution in [1.29, 1.82) is 0 Å². The number of halogens is 3. The number of nitrogens with one attached hydrogen (secondary N) is 5. The van der Waals surface area contributed by atoms with Crippen LogP contribution in [0.1, 0.15) is 18.9 Å². The van der Waals surface area contributed by atoms with Crippen molar-refractivity contribution in [2.75, 3.05) is 17.2 Å². The molecule has 2 aliphatic rings. The average Bonchev–Trinajstić information content (AvgIpc) is 2.79. The van der Waals surface area contributed by atoms with Crippen LogP contribution in [0.15, 0.2) is 48.5 Å². The molecule has 4 rings (SSSR count). The molecule has 0 radical (unpaired) electrons. The Morgan fingerprint density at radius 3 is 2.51 bits per heavy atom. The number of benzene rings is 2. The van der Waals surface area contributed by atoms with E-state index in [4.69, 9.17) is 4.74 Å². The molecular formula is C23H24F3N5O4.